The number of aromatic amines is 1. The van der Waals surface area contributed by atoms with Gasteiger partial charge < -0.3 is 9.72 Å². The summed E-state index contributed by atoms with van der Waals surface area (Å²) in [5.74, 6) is 0.207. The second-order valence-electron chi connectivity index (χ2n) is 6.15. The highest BCUT2D eigenvalue weighted by molar-refractivity contribution is 7.86. The van der Waals surface area contributed by atoms with Crippen LogP contribution in [0.4, 0.5) is 0 Å². The minimum absolute atomic E-state index is 0.000354. The van der Waals surface area contributed by atoms with E-state index >= 15 is 0 Å². The molecule has 2 fully saturated rings. The Bertz CT molecular complexity index is 702. The molecular formula is C15H23N3O4S. The second kappa shape index (κ2) is 6.72. The summed E-state index contributed by atoms with van der Waals surface area (Å²) < 4.78 is 33.5. The zero-order chi connectivity index (χ0) is 16.4. The Kier molecular flexibility index (Phi) is 4.86. The standard InChI is InChI=1S/C15H23N3O4S/c1-12-10-14(19)11-15(16-12)13-2-4-17(5-3-13)23(20,21)18-6-8-22-9-7-18/h10-11,13H,2-9H2,1H3,(H,16,19). The van der Waals surface area contributed by atoms with Crippen LogP contribution in [-0.2, 0) is 14.9 Å². The molecule has 0 aromatic carbocycles. The Hall–Kier alpha value is -1.22. The van der Waals surface area contributed by atoms with Crippen molar-refractivity contribution in [2.24, 2.45) is 0 Å². The number of H-pyrrole nitrogens is 1. The number of hydrogen-bond acceptors (Lipinski definition) is 4. The number of pyridine rings is 1. The summed E-state index contributed by atoms with van der Waals surface area (Å²) >= 11 is 0. The van der Waals surface area contributed by atoms with E-state index in [9.17, 15) is 13.2 Å². The first kappa shape index (κ1) is 16.6. The minimum Gasteiger partial charge on any atom is -0.379 e. The molecule has 2 saturated heterocycles. The number of aryl methyl sites for hydroxylation is 1. The fraction of sp³-hybridized carbons (Fsp3) is 0.667. The van der Waals surface area contributed by atoms with Crippen molar-refractivity contribution in [2.75, 3.05) is 39.4 Å². The van der Waals surface area contributed by atoms with Crippen LogP contribution in [-0.4, -0.2) is 61.4 Å². The van der Waals surface area contributed by atoms with Crippen molar-refractivity contribution in [3.05, 3.63) is 33.7 Å². The van der Waals surface area contributed by atoms with Gasteiger partial charge in [0.25, 0.3) is 10.2 Å². The molecule has 7 nitrogen and oxygen atoms in total. The van der Waals surface area contributed by atoms with E-state index in [1.54, 1.807) is 16.4 Å². The minimum atomic E-state index is -3.39. The number of piperidine rings is 1. The summed E-state index contributed by atoms with van der Waals surface area (Å²) in [6.07, 6.45) is 1.45. The van der Waals surface area contributed by atoms with Gasteiger partial charge in [-0.2, -0.15) is 17.0 Å². The third-order valence-electron chi connectivity index (χ3n) is 4.51. The van der Waals surface area contributed by atoms with E-state index in [4.69, 9.17) is 4.74 Å². The fourth-order valence-electron chi connectivity index (χ4n) is 3.27. The molecule has 0 atom stereocenters. The highest BCUT2D eigenvalue weighted by Crippen LogP contribution is 2.28. The summed E-state index contributed by atoms with van der Waals surface area (Å²) in [6.45, 7) is 4.60. The molecule has 2 aliphatic rings. The maximum absolute atomic E-state index is 12.6. The van der Waals surface area contributed by atoms with Crippen molar-refractivity contribution >= 4 is 10.2 Å². The molecule has 1 aromatic rings. The first-order valence-corrected chi connectivity index (χ1v) is 9.40. The van der Waals surface area contributed by atoms with Gasteiger partial charge in [-0.05, 0) is 19.8 Å². The third kappa shape index (κ3) is 3.65. The molecule has 0 radical (unpaired) electrons. The highest BCUT2D eigenvalue weighted by atomic mass is 32.2. The van der Waals surface area contributed by atoms with Gasteiger partial charge in [0.05, 0.1) is 13.2 Å². The van der Waals surface area contributed by atoms with Crippen LogP contribution in [0.2, 0.25) is 0 Å². The molecule has 0 unspecified atom stereocenters. The van der Waals surface area contributed by atoms with Crippen LogP contribution in [0.25, 0.3) is 0 Å². The van der Waals surface area contributed by atoms with Gasteiger partial charge >= 0.3 is 0 Å². The molecule has 1 N–H and O–H groups in total. The lowest BCUT2D eigenvalue weighted by molar-refractivity contribution is 0.0696. The Morgan fingerprint density at radius 1 is 1.09 bits per heavy atom. The van der Waals surface area contributed by atoms with Gasteiger partial charge in [0.1, 0.15) is 0 Å². The second-order valence-corrected chi connectivity index (χ2v) is 8.08. The Morgan fingerprint density at radius 2 is 1.70 bits per heavy atom. The smallest absolute Gasteiger partial charge is 0.282 e. The summed E-state index contributed by atoms with van der Waals surface area (Å²) in [7, 11) is -3.39. The summed E-state index contributed by atoms with van der Waals surface area (Å²) in [6, 6.07) is 3.20. The first-order valence-electron chi connectivity index (χ1n) is 8.00. The van der Waals surface area contributed by atoms with Crippen LogP contribution < -0.4 is 5.43 Å². The van der Waals surface area contributed by atoms with E-state index in [2.05, 4.69) is 4.98 Å². The molecular weight excluding hydrogens is 318 g/mol. The monoisotopic (exact) mass is 341 g/mol. The predicted octanol–water partition coefficient (Wildman–Crippen LogP) is 0.440. The van der Waals surface area contributed by atoms with Crippen molar-refractivity contribution in [3.63, 3.8) is 0 Å². The highest BCUT2D eigenvalue weighted by Gasteiger charge is 2.34. The average Bonchev–Trinajstić information content (AvgIpc) is 2.55. The Labute approximate surface area is 136 Å². The van der Waals surface area contributed by atoms with Crippen molar-refractivity contribution < 1.29 is 13.2 Å². The topological polar surface area (TPSA) is 82.7 Å². The molecule has 2 aliphatic heterocycles. The van der Waals surface area contributed by atoms with Crippen LogP contribution in [0.15, 0.2) is 16.9 Å². The molecule has 1 aromatic heterocycles. The van der Waals surface area contributed by atoms with Gasteiger partial charge in [0, 0.05) is 55.6 Å². The summed E-state index contributed by atoms with van der Waals surface area (Å²) in [5.41, 5.74) is 1.76. The lowest BCUT2D eigenvalue weighted by Crippen LogP contribution is -2.50. The number of morpholine rings is 1. The molecule has 128 valence electrons. The third-order valence-corrected chi connectivity index (χ3v) is 6.55. The zero-order valence-electron chi connectivity index (χ0n) is 13.3. The summed E-state index contributed by atoms with van der Waals surface area (Å²) in [5, 5.41) is 0. The largest absolute Gasteiger partial charge is 0.379 e. The molecule has 0 amide bonds. The Morgan fingerprint density at radius 3 is 2.30 bits per heavy atom. The van der Waals surface area contributed by atoms with Crippen molar-refractivity contribution in [1.82, 2.24) is 13.6 Å². The average molecular weight is 341 g/mol. The van der Waals surface area contributed by atoms with E-state index in [1.807, 2.05) is 6.92 Å². The number of aromatic nitrogens is 1. The molecule has 0 spiro atoms. The van der Waals surface area contributed by atoms with Gasteiger partial charge in [-0.25, -0.2) is 0 Å². The first-order chi connectivity index (χ1) is 11.0. The van der Waals surface area contributed by atoms with Gasteiger partial charge in [-0.3, -0.25) is 4.79 Å². The molecule has 0 aliphatic carbocycles. The van der Waals surface area contributed by atoms with Gasteiger partial charge in [0.2, 0.25) is 0 Å². The van der Waals surface area contributed by atoms with E-state index in [0.29, 0.717) is 39.4 Å². The quantitative estimate of drug-likeness (QED) is 0.865. The normalized spacial score (nSPS) is 22.3. The lowest BCUT2D eigenvalue weighted by Gasteiger charge is -2.36. The van der Waals surface area contributed by atoms with Crippen molar-refractivity contribution in [1.29, 1.82) is 0 Å². The van der Waals surface area contributed by atoms with E-state index < -0.39 is 10.2 Å². The van der Waals surface area contributed by atoms with Gasteiger partial charge in [-0.15, -0.1) is 0 Å². The lowest BCUT2D eigenvalue weighted by atomic mass is 9.94. The van der Waals surface area contributed by atoms with Crippen LogP contribution >= 0.6 is 0 Å². The molecule has 3 rings (SSSR count). The fourth-order valence-corrected chi connectivity index (χ4v) is 4.88. The molecule has 23 heavy (non-hydrogen) atoms. The SMILES string of the molecule is Cc1cc(=O)cc(C2CCN(S(=O)(=O)N3CCOCC3)CC2)[nH]1. The molecule has 0 bridgehead atoms. The van der Waals surface area contributed by atoms with Crippen molar-refractivity contribution in [2.45, 2.75) is 25.7 Å². The van der Waals surface area contributed by atoms with Crippen LogP contribution in [0, 0.1) is 6.92 Å². The van der Waals surface area contributed by atoms with E-state index in [1.165, 1.54) is 4.31 Å². The number of rotatable bonds is 3. The van der Waals surface area contributed by atoms with Crippen LogP contribution in [0.5, 0.6) is 0 Å². The zero-order valence-corrected chi connectivity index (χ0v) is 14.1. The number of nitrogens with one attached hydrogen (secondary N) is 1. The maximum Gasteiger partial charge on any atom is 0.282 e. The molecule has 3 heterocycles. The van der Waals surface area contributed by atoms with Crippen LogP contribution in [0.1, 0.15) is 30.1 Å². The molecule has 8 heteroatoms. The predicted molar refractivity (Wildman–Crippen MR) is 86.7 cm³/mol. The van der Waals surface area contributed by atoms with E-state index in [0.717, 1.165) is 24.2 Å². The molecule has 0 saturated carbocycles. The number of nitrogens with zero attached hydrogens (tertiary/aromatic N) is 2. The van der Waals surface area contributed by atoms with Gasteiger partial charge in [0.15, 0.2) is 5.43 Å². The van der Waals surface area contributed by atoms with E-state index in [-0.39, 0.29) is 11.3 Å². The van der Waals surface area contributed by atoms with Crippen LogP contribution in [0.3, 0.4) is 0 Å². The number of hydrogen-bond donors (Lipinski definition) is 1. The van der Waals surface area contributed by atoms with Gasteiger partial charge in [-0.1, -0.05) is 0 Å². The maximum atomic E-state index is 12.6. The summed E-state index contributed by atoms with van der Waals surface area (Å²) in [4.78, 5) is 14.9. The Balaban J connectivity index is 1.67. The van der Waals surface area contributed by atoms with Crippen molar-refractivity contribution in [3.8, 4) is 0 Å². The number of ether oxygens (including phenoxy) is 1.